The number of carbonyl (C=O) groups excluding carboxylic acids is 1. The van der Waals surface area contributed by atoms with Crippen LogP contribution in [0.25, 0.3) is 21.8 Å². The Morgan fingerprint density at radius 1 is 1.08 bits per heavy atom. The van der Waals surface area contributed by atoms with Crippen molar-refractivity contribution in [3.8, 4) is 0 Å². The van der Waals surface area contributed by atoms with E-state index in [0.29, 0.717) is 5.56 Å². The van der Waals surface area contributed by atoms with Crippen LogP contribution in [0.4, 0.5) is 0 Å². The molecule has 2 aromatic carbocycles. The third kappa shape index (κ3) is 2.33. The zero-order valence-corrected chi connectivity index (χ0v) is 13.4. The summed E-state index contributed by atoms with van der Waals surface area (Å²) in [7, 11) is 0. The molecule has 2 aromatic heterocycles. The van der Waals surface area contributed by atoms with Crippen molar-refractivity contribution in [2.24, 2.45) is 5.73 Å². The first kappa shape index (κ1) is 14.5. The van der Waals surface area contributed by atoms with Crippen molar-refractivity contribution in [1.29, 1.82) is 0 Å². The first-order valence-corrected chi connectivity index (χ1v) is 7.86. The van der Waals surface area contributed by atoms with Crippen LogP contribution in [0.5, 0.6) is 0 Å². The lowest BCUT2D eigenvalue weighted by atomic mass is 10.1. The lowest BCUT2D eigenvalue weighted by molar-refractivity contribution is 0.100. The zero-order chi connectivity index (χ0) is 16.7. The van der Waals surface area contributed by atoms with E-state index in [1.165, 1.54) is 5.56 Å². The summed E-state index contributed by atoms with van der Waals surface area (Å²) in [6.45, 7) is 2.73. The Hall–Kier alpha value is -3.14. The van der Waals surface area contributed by atoms with Gasteiger partial charge in [0.25, 0.3) is 0 Å². The molecule has 0 atom stereocenters. The normalized spacial score (nSPS) is 11.2. The van der Waals surface area contributed by atoms with Crippen molar-refractivity contribution < 1.29 is 4.79 Å². The standard InChI is InChI=1S/C20H17N3O/c1-13-11-14(15-5-2-3-7-18(15)22-13)12-23-10-9-16-17(20(21)24)6-4-8-19(16)23/h2-11H,12H2,1H3,(H2,21,24). The van der Waals surface area contributed by atoms with Crippen molar-refractivity contribution in [3.63, 3.8) is 0 Å². The van der Waals surface area contributed by atoms with E-state index in [-0.39, 0.29) is 0 Å². The first-order chi connectivity index (χ1) is 11.6. The molecule has 0 radical (unpaired) electrons. The van der Waals surface area contributed by atoms with Crippen LogP contribution in [0.3, 0.4) is 0 Å². The van der Waals surface area contributed by atoms with Crippen LogP contribution >= 0.6 is 0 Å². The van der Waals surface area contributed by atoms with E-state index in [0.717, 1.165) is 34.0 Å². The minimum atomic E-state index is -0.399. The van der Waals surface area contributed by atoms with Gasteiger partial charge in [-0.25, -0.2) is 0 Å². The van der Waals surface area contributed by atoms with Gasteiger partial charge in [0.15, 0.2) is 0 Å². The smallest absolute Gasteiger partial charge is 0.249 e. The number of hydrogen-bond acceptors (Lipinski definition) is 2. The Labute approximate surface area is 139 Å². The molecule has 4 rings (SSSR count). The fraction of sp³-hybridized carbons (Fsp3) is 0.100. The Kier molecular flexibility index (Phi) is 3.31. The van der Waals surface area contributed by atoms with Crippen molar-refractivity contribution in [2.45, 2.75) is 13.5 Å². The maximum atomic E-state index is 11.6. The van der Waals surface area contributed by atoms with Gasteiger partial charge in [-0.05, 0) is 42.8 Å². The molecule has 0 saturated heterocycles. The van der Waals surface area contributed by atoms with Gasteiger partial charge in [-0.3, -0.25) is 9.78 Å². The summed E-state index contributed by atoms with van der Waals surface area (Å²) in [6, 6.07) is 17.9. The van der Waals surface area contributed by atoms with E-state index in [4.69, 9.17) is 5.73 Å². The Bertz CT molecular complexity index is 1080. The molecule has 1 amide bonds. The third-order valence-electron chi connectivity index (χ3n) is 4.35. The van der Waals surface area contributed by atoms with Crippen molar-refractivity contribution in [3.05, 3.63) is 77.6 Å². The second kappa shape index (κ2) is 5.49. The van der Waals surface area contributed by atoms with Gasteiger partial charge in [-0.2, -0.15) is 0 Å². The lowest BCUT2D eigenvalue weighted by Crippen LogP contribution is -2.11. The number of nitrogens with two attached hydrogens (primary N) is 1. The molecule has 2 heterocycles. The van der Waals surface area contributed by atoms with Gasteiger partial charge in [0.1, 0.15) is 0 Å². The number of amides is 1. The van der Waals surface area contributed by atoms with Crippen molar-refractivity contribution >= 4 is 27.7 Å². The van der Waals surface area contributed by atoms with Crippen LogP contribution in [0.2, 0.25) is 0 Å². The number of aromatic nitrogens is 2. The SMILES string of the molecule is Cc1cc(Cn2ccc3c(C(N)=O)cccc32)c2ccccc2n1. The first-order valence-electron chi connectivity index (χ1n) is 7.86. The van der Waals surface area contributed by atoms with Crippen molar-refractivity contribution in [2.75, 3.05) is 0 Å². The maximum Gasteiger partial charge on any atom is 0.249 e. The van der Waals surface area contributed by atoms with Crippen LogP contribution in [0, 0.1) is 6.92 Å². The van der Waals surface area contributed by atoms with Gasteiger partial charge in [0, 0.05) is 40.3 Å². The number of fused-ring (bicyclic) bond motifs is 2. The summed E-state index contributed by atoms with van der Waals surface area (Å²) in [5, 5.41) is 2.04. The average Bonchev–Trinajstić information content (AvgIpc) is 2.97. The largest absolute Gasteiger partial charge is 0.366 e. The van der Waals surface area contributed by atoms with Crippen LogP contribution in [0.15, 0.2) is 60.8 Å². The molecular weight excluding hydrogens is 298 g/mol. The number of rotatable bonds is 3. The number of nitrogens with zero attached hydrogens (tertiary/aromatic N) is 2. The number of hydrogen-bond donors (Lipinski definition) is 1. The molecule has 4 heteroatoms. The summed E-state index contributed by atoms with van der Waals surface area (Å²) in [5.74, 6) is -0.399. The van der Waals surface area contributed by atoms with Gasteiger partial charge >= 0.3 is 0 Å². The Balaban J connectivity index is 1.86. The summed E-state index contributed by atoms with van der Waals surface area (Å²) in [5.41, 5.74) is 10.2. The van der Waals surface area contributed by atoms with Crippen LogP contribution < -0.4 is 5.73 Å². The molecule has 0 bridgehead atoms. The molecule has 24 heavy (non-hydrogen) atoms. The van der Waals surface area contributed by atoms with E-state index in [1.807, 2.05) is 49.5 Å². The molecule has 118 valence electrons. The highest BCUT2D eigenvalue weighted by molar-refractivity contribution is 6.05. The maximum absolute atomic E-state index is 11.6. The van der Waals surface area contributed by atoms with Crippen LogP contribution in [0.1, 0.15) is 21.6 Å². The minimum absolute atomic E-state index is 0.399. The monoisotopic (exact) mass is 315 g/mol. The summed E-state index contributed by atoms with van der Waals surface area (Å²) < 4.78 is 2.14. The molecule has 0 unspecified atom stereocenters. The zero-order valence-electron chi connectivity index (χ0n) is 13.4. The molecule has 4 aromatic rings. The quantitative estimate of drug-likeness (QED) is 0.627. The number of para-hydroxylation sites is 1. The second-order valence-electron chi connectivity index (χ2n) is 5.99. The van der Waals surface area contributed by atoms with Gasteiger partial charge in [0.2, 0.25) is 5.91 Å². The number of pyridine rings is 1. The molecule has 0 aliphatic carbocycles. The lowest BCUT2D eigenvalue weighted by Gasteiger charge is -2.10. The predicted molar refractivity (Wildman–Crippen MR) is 96.0 cm³/mol. The third-order valence-corrected chi connectivity index (χ3v) is 4.35. The summed E-state index contributed by atoms with van der Waals surface area (Å²) >= 11 is 0. The molecule has 4 nitrogen and oxygen atoms in total. The molecule has 0 aliphatic heterocycles. The number of carbonyl (C=O) groups is 1. The minimum Gasteiger partial charge on any atom is -0.366 e. The number of aryl methyl sites for hydroxylation is 1. The Morgan fingerprint density at radius 3 is 2.75 bits per heavy atom. The number of benzene rings is 2. The van der Waals surface area contributed by atoms with Gasteiger partial charge < -0.3 is 10.3 Å². The van der Waals surface area contributed by atoms with E-state index < -0.39 is 5.91 Å². The van der Waals surface area contributed by atoms with Crippen molar-refractivity contribution in [1.82, 2.24) is 9.55 Å². The molecule has 0 fully saturated rings. The second-order valence-corrected chi connectivity index (χ2v) is 5.99. The molecular formula is C20H17N3O. The topological polar surface area (TPSA) is 60.9 Å². The molecule has 0 spiro atoms. The van der Waals surface area contributed by atoms with Gasteiger partial charge in [-0.15, -0.1) is 0 Å². The van der Waals surface area contributed by atoms with Gasteiger partial charge in [0.05, 0.1) is 5.52 Å². The van der Waals surface area contributed by atoms with E-state index in [1.54, 1.807) is 6.07 Å². The average molecular weight is 315 g/mol. The number of primary amides is 1. The van der Waals surface area contributed by atoms with E-state index in [2.05, 4.69) is 21.7 Å². The van der Waals surface area contributed by atoms with E-state index in [9.17, 15) is 4.79 Å². The highest BCUT2D eigenvalue weighted by Gasteiger charge is 2.11. The van der Waals surface area contributed by atoms with Crippen LogP contribution in [-0.4, -0.2) is 15.5 Å². The highest BCUT2D eigenvalue weighted by Crippen LogP contribution is 2.24. The fourth-order valence-corrected chi connectivity index (χ4v) is 3.29. The molecule has 2 N–H and O–H groups in total. The Morgan fingerprint density at radius 2 is 1.92 bits per heavy atom. The predicted octanol–water partition coefficient (Wildman–Crippen LogP) is 3.65. The molecule has 0 saturated carbocycles. The summed E-state index contributed by atoms with van der Waals surface area (Å²) in [6.07, 6.45) is 2.00. The van der Waals surface area contributed by atoms with E-state index >= 15 is 0 Å². The summed E-state index contributed by atoms with van der Waals surface area (Å²) in [4.78, 5) is 16.2. The molecule has 0 aliphatic rings. The highest BCUT2D eigenvalue weighted by atomic mass is 16.1. The van der Waals surface area contributed by atoms with Gasteiger partial charge in [-0.1, -0.05) is 24.3 Å². The van der Waals surface area contributed by atoms with Crippen LogP contribution in [-0.2, 0) is 6.54 Å². The fourth-order valence-electron chi connectivity index (χ4n) is 3.29.